The van der Waals surface area contributed by atoms with Crippen LogP contribution in [0.4, 0.5) is 22.0 Å². The van der Waals surface area contributed by atoms with Crippen LogP contribution in [0.2, 0.25) is 0 Å². The van der Waals surface area contributed by atoms with Crippen molar-refractivity contribution in [2.45, 2.75) is 6.92 Å². The molecule has 0 fully saturated rings. The van der Waals surface area contributed by atoms with Crippen LogP contribution in [0.3, 0.4) is 0 Å². The van der Waals surface area contributed by atoms with Crippen LogP contribution in [-0.2, 0) is 9.53 Å². The average Bonchev–Trinajstić information content (AvgIpc) is 2.41. The number of esters is 1. The molecule has 1 amide bonds. The van der Waals surface area contributed by atoms with Crippen molar-refractivity contribution in [3.05, 3.63) is 34.6 Å². The Morgan fingerprint density at radius 2 is 1.40 bits per heavy atom. The highest BCUT2D eigenvalue weighted by molar-refractivity contribution is 5.96. The minimum atomic E-state index is -2.37. The minimum absolute atomic E-state index is 0.00275. The first-order chi connectivity index (χ1) is 9.31. The summed E-state index contributed by atoms with van der Waals surface area (Å²) in [7, 11) is 0. The van der Waals surface area contributed by atoms with E-state index in [9.17, 15) is 31.5 Å². The molecule has 0 atom stereocenters. The molecule has 0 aliphatic carbocycles. The number of carbonyl (C=O) groups is 2. The van der Waals surface area contributed by atoms with Gasteiger partial charge in [0.25, 0.3) is 5.91 Å². The highest BCUT2D eigenvalue weighted by Gasteiger charge is 2.29. The topological polar surface area (TPSA) is 55.4 Å². The van der Waals surface area contributed by atoms with Gasteiger partial charge in [-0.1, -0.05) is 0 Å². The molecule has 4 nitrogen and oxygen atoms in total. The van der Waals surface area contributed by atoms with E-state index in [1.807, 2.05) is 0 Å². The van der Waals surface area contributed by atoms with Crippen LogP contribution < -0.4 is 5.32 Å². The zero-order chi connectivity index (χ0) is 15.4. The van der Waals surface area contributed by atoms with Crippen molar-refractivity contribution >= 4 is 11.9 Å². The van der Waals surface area contributed by atoms with Crippen LogP contribution >= 0.6 is 0 Å². The summed E-state index contributed by atoms with van der Waals surface area (Å²) in [5, 5.41) is 1.69. The lowest BCUT2D eigenvalue weighted by atomic mass is 10.1. The molecule has 0 radical (unpaired) electrons. The number of hydrogen-bond donors (Lipinski definition) is 1. The lowest BCUT2D eigenvalue weighted by molar-refractivity contribution is -0.141. The molecule has 1 aromatic rings. The maximum absolute atomic E-state index is 13.2. The molecule has 0 aliphatic heterocycles. The fraction of sp³-hybridized carbons (Fsp3) is 0.273. The summed E-state index contributed by atoms with van der Waals surface area (Å²) in [6, 6.07) is 0. The summed E-state index contributed by atoms with van der Waals surface area (Å²) in [6.07, 6.45) is 0. The Hall–Kier alpha value is -2.19. The van der Waals surface area contributed by atoms with Gasteiger partial charge in [0.15, 0.2) is 23.3 Å². The molecule has 0 bridgehead atoms. The van der Waals surface area contributed by atoms with E-state index >= 15 is 0 Å². The van der Waals surface area contributed by atoms with E-state index in [2.05, 4.69) is 4.74 Å². The molecule has 110 valence electrons. The molecule has 0 spiro atoms. The molecule has 0 saturated heterocycles. The van der Waals surface area contributed by atoms with Gasteiger partial charge in [-0.15, -0.1) is 0 Å². The number of amides is 1. The SMILES string of the molecule is CCOC(=O)CNC(=O)c1c(F)c(F)c(F)c(F)c1F. The van der Waals surface area contributed by atoms with Crippen molar-refractivity contribution in [2.75, 3.05) is 13.2 Å². The molecule has 0 aromatic heterocycles. The van der Waals surface area contributed by atoms with Gasteiger partial charge in [0.05, 0.1) is 6.61 Å². The van der Waals surface area contributed by atoms with Gasteiger partial charge in [-0.2, -0.15) is 0 Å². The minimum Gasteiger partial charge on any atom is -0.465 e. The zero-order valence-electron chi connectivity index (χ0n) is 10.0. The van der Waals surface area contributed by atoms with Crippen molar-refractivity contribution in [1.29, 1.82) is 0 Å². The smallest absolute Gasteiger partial charge is 0.325 e. The summed E-state index contributed by atoms with van der Waals surface area (Å²) in [4.78, 5) is 22.3. The molecule has 1 aromatic carbocycles. The number of nitrogens with one attached hydrogen (secondary N) is 1. The van der Waals surface area contributed by atoms with E-state index < -0.39 is 53.1 Å². The van der Waals surface area contributed by atoms with Gasteiger partial charge in [-0.25, -0.2) is 22.0 Å². The van der Waals surface area contributed by atoms with Gasteiger partial charge in [0.2, 0.25) is 5.82 Å². The second kappa shape index (κ2) is 6.31. The monoisotopic (exact) mass is 297 g/mol. The number of ether oxygens (including phenoxy) is 1. The van der Waals surface area contributed by atoms with Gasteiger partial charge < -0.3 is 10.1 Å². The fourth-order valence-electron chi connectivity index (χ4n) is 1.26. The predicted molar refractivity (Wildman–Crippen MR) is 55.2 cm³/mol. The van der Waals surface area contributed by atoms with E-state index in [1.54, 1.807) is 5.32 Å². The Morgan fingerprint density at radius 1 is 0.950 bits per heavy atom. The summed E-state index contributed by atoms with van der Waals surface area (Å²) in [5.41, 5.74) is -1.66. The van der Waals surface area contributed by atoms with Crippen LogP contribution in [0.1, 0.15) is 17.3 Å². The van der Waals surface area contributed by atoms with E-state index in [0.29, 0.717) is 0 Å². The second-order valence-electron chi connectivity index (χ2n) is 3.43. The third-order valence-electron chi connectivity index (χ3n) is 2.14. The van der Waals surface area contributed by atoms with Crippen molar-refractivity contribution in [3.8, 4) is 0 Å². The Labute approximate surface area is 109 Å². The number of carbonyl (C=O) groups excluding carboxylic acids is 2. The normalized spacial score (nSPS) is 10.3. The fourth-order valence-corrected chi connectivity index (χ4v) is 1.26. The molecule has 1 N–H and O–H groups in total. The molecular weight excluding hydrogens is 289 g/mol. The van der Waals surface area contributed by atoms with Crippen LogP contribution in [0.5, 0.6) is 0 Å². The van der Waals surface area contributed by atoms with E-state index in [4.69, 9.17) is 0 Å². The van der Waals surface area contributed by atoms with Crippen LogP contribution in [0.25, 0.3) is 0 Å². The Bertz CT molecular complexity index is 532. The molecule has 0 heterocycles. The summed E-state index contributed by atoms with van der Waals surface area (Å²) < 4.78 is 69.3. The van der Waals surface area contributed by atoms with Gasteiger partial charge in [-0.05, 0) is 6.92 Å². The number of hydrogen-bond acceptors (Lipinski definition) is 3. The van der Waals surface area contributed by atoms with E-state index in [0.717, 1.165) is 0 Å². The molecule has 0 unspecified atom stereocenters. The summed E-state index contributed by atoms with van der Waals surface area (Å²) in [6.45, 7) is 0.702. The highest BCUT2D eigenvalue weighted by Crippen LogP contribution is 2.22. The molecule has 0 aliphatic rings. The van der Waals surface area contributed by atoms with Gasteiger partial charge in [0.1, 0.15) is 12.1 Å². The molecule has 1 rings (SSSR count). The van der Waals surface area contributed by atoms with Crippen LogP contribution in [-0.4, -0.2) is 25.0 Å². The quantitative estimate of drug-likeness (QED) is 0.398. The molecule has 9 heteroatoms. The first kappa shape index (κ1) is 15.9. The Kier molecular flexibility index (Phi) is 5.00. The molecule has 20 heavy (non-hydrogen) atoms. The maximum Gasteiger partial charge on any atom is 0.325 e. The molecular formula is C11H8F5NO3. The average molecular weight is 297 g/mol. The zero-order valence-corrected chi connectivity index (χ0v) is 10.0. The highest BCUT2D eigenvalue weighted by atomic mass is 19.2. The summed E-state index contributed by atoms with van der Waals surface area (Å²) >= 11 is 0. The Balaban J connectivity index is 3.02. The van der Waals surface area contributed by atoms with Gasteiger partial charge in [0, 0.05) is 0 Å². The second-order valence-corrected chi connectivity index (χ2v) is 3.43. The lowest BCUT2D eigenvalue weighted by Crippen LogP contribution is -2.32. The van der Waals surface area contributed by atoms with Crippen molar-refractivity contribution < 1.29 is 36.3 Å². The predicted octanol–water partition coefficient (Wildman–Crippen LogP) is 1.68. The first-order valence-corrected chi connectivity index (χ1v) is 5.26. The van der Waals surface area contributed by atoms with E-state index in [1.165, 1.54) is 6.92 Å². The van der Waals surface area contributed by atoms with Crippen molar-refractivity contribution in [3.63, 3.8) is 0 Å². The van der Waals surface area contributed by atoms with Gasteiger partial charge >= 0.3 is 5.97 Å². The summed E-state index contributed by atoms with van der Waals surface area (Å²) in [5.74, 6) is -14.0. The lowest BCUT2D eigenvalue weighted by Gasteiger charge is -2.08. The number of rotatable bonds is 4. The maximum atomic E-state index is 13.2. The molecule has 0 saturated carbocycles. The largest absolute Gasteiger partial charge is 0.465 e. The third-order valence-corrected chi connectivity index (χ3v) is 2.14. The number of halogens is 5. The van der Waals surface area contributed by atoms with Crippen LogP contribution in [0, 0.1) is 29.1 Å². The van der Waals surface area contributed by atoms with E-state index in [-0.39, 0.29) is 6.61 Å². The number of benzene rings is 1. The third kappa shape index (κ3) is 3.03. The van der Waals surface area contributed by atoms with Crippen molar-refractivity contribution in [2.24, 2.45) is 0 Å². The Morgan fingerprint density at radius 3 is 1.85 bits per heavy atom. The van der Waals surface area contributed by atoms with Crippen LogP contribution in [0.15, 0.2) is 0 Å². The first-order valence-electron chi connectivity index (χ1n) is 5.26. The van der Waals surface area contributed by atoms with Crippen molar-refractivity contribution in [1.82, 2.24) is 5.32 Å². The standard InChI is InChI=1S/C11H8F5NO3/c1-2-20-4(18)3-17-11(19)5-6(12)8(14)10(16)9(15)7(5)13/h2-3H2,1H3,(H,17,19). The van der Waals surface area contributed by atoms with Gasteiger partial charge in [-0.3, -0.25) is 9.59 Å².